The van der Waals surface area contributed by atoms with E-state index in [1.807, 2.05) is 183 Å². The third-order valence-corrected chi connectivity index (χ3v) is 33.2. The van der Waals surface area contributed by atoms with E-state index in [9.17, 15) is 18.6 Å². The van der Waals surface area contributed by atoms with Gasteiger partial charge in [0.2, 0.25) is 5.09 Å². The topological polar surface area (TPSA) is 121 Å². The van der Waals surface area contributed by atoms with Gasteiger partial charge in [-0.2, -0.15) is 0 Å². The van der Waals surface area contributed by atoms with E-state index in [0.29, 0.717) is 16.6 Å². The zero-order valence-electron chi connectivity index (χ0n) is 71.5. The molecule has 2 unspecified atom stereocenters. The van der Waals surface area contributed by atoms with Crippen LogP contribution >= 0.6 is 173 Å². The maximum Gasteiger partial charge on any atom is 0.204 e. The summed E-state index contributed by atoms with van der Waals surface area (Å²) in [6.07, 6.45) is 0. The van der Waals surface area contributed by atoms with Crippen LogP contribution in [0.1, 0.15) is 50.1 Å². The second-order valence-electron chi connectivity index (χ2n) is 30.6. The molecule has 6 heterocycles. The van der Waals surface area contributed by atoms with Crippen LogP contribution in [0.2, 0.25) is 0 Å². The molecule has 0 amide bonds. The standard InChI is InChI=1S/C22H17BrO3S.C22H17BrO2S.C20H13BrO3S.C15H10Br2OS.C15H10Br2S.C15H11BrS/c1-14-3-12-19-20(13-14)27(24)22(21(19)15-4-6-16(23)7-5-15)26-18-10-8-17(25-2)9-11-18;1-14-3-12-19-20(13-14)26-22(21(19)15-4-6-16(23)7-5-15)25-18-10-8-17(24-2)9-11-18;21-13-3-1-12(2-4-13)19-17-10-7-15(23)11-18(17)25-20(19)24-16-8-5-14(22)6-9-16;1-9-2-7-12-13(8-9)19(18)15(17)14(12)10-3-5-11(16)6-4-10;1-9-2-7-12-13(8-9)18-15(17)14(12)10-3-5-11(16)6-4-10;1-10-2-7-13-14(9-17-15(13)8-10)11-3-5-12(16)6-4-11/h3-13H,1-2H3;3-13H,1-2H3;1-11,22-23H;2-8H,1H3;2-8H,1H3;2-9H,1H3. The lowest BCUT2D eigenvalue weighted by Crippen LogP contribution is -2.01. The van der Waals surface area contributed by atoms with E-state index < -0.39 is 21.6 Å². The molecule has 21 rings (SSSR count). The van der Waals surface area contributed by atoms with Gasteiger partial charge in [-0.15, -0.1) is 22.7 Å². The Balaban J connectivity index is 0.000000117. The average molecular weight is 2360 g/mol. The number of aryl methyl sites for hydroxylation is 5. The summed E-state index contributed by atoms with van der Waals surface area (Å²) < 4.78 is 67.7. The Kier molecular flexibility index (Phi) is 31.4. The molecule has 0 fully saturated rings. The van der Waals surface area contributed by atoms with Crippen molar-refractivity contribution in [2.45, 2.75) is 44.4 Å². The van der Waals surface area contributed by atoms with E-state index in [0.717, 1.165) is 145 Å². The molecule has 2 atom stereocenters. The van der Waals surface area contributed by atoms with Gasteiger partial charge in [0.1, 0.15) is 51.0 Å². The summed E-state index contributed by atoms with van der Waals surface area (Å²) in [6, 6.07) is 108. The van der Waals surface area contributed by atoms with Crippen LogP contribution in [-0.4, -0.2) is 32.9 Å². The number of hydrogen-bond donors (Lipinski definition) is 2. The largest absolute Gasteiger partial charge is 0.508 e. The van der Waals surface area contributed by atoms with Crippen molar-refractivity contribution in [2.24, 2.45) is 0 Å². The van der Waals surface area contributed by atoms with E-state index in [-0.39, 0.29) is 11.5 Å². The predicted molar refractivity (Wildman–Crippen MR) is 583 cm³/mol. The molecule has 0 spiro atoms. The number of fused-ring (bicyclic) bond motifs is 6. The number of phenols is 2. The van der Waals surface area contributed by atoms with Gasteiger partial charge < -0.3 is 33.9 Å². The molecule has 0 bridgehead atoms. The molecule has 2 aliphatic heterocycles. The number of aromatic hydroxyl groups is 2. The molecule has 2 N–H and O–H groups in total. The van der Waals surface area contributed by atoms with Crippen molar-refractivity contribution in [3.63, 3.8) is 0 Å². The van der Waals surface area contributed by atoms with Gasteiger partial charge >= 0.3 is 0 Å². The number of methoxy groups -OCH3 is 2. The van der Waals surface area contributed by atoms with Crippen molar-refractivity contribution in [2.75, 3.05) is 14.2 Å². The van der Waals surface area contributed by atoms with E-state index in [1.54, 1.807) is 73.3 Å². The summed E-state index contributed by atoms with van der Waals surface area (Å²) >= 11 is 34.8. The average Bonchev–Trinajstić information content (AvgIpc) is 1.62. The first-order valence-electron chi connectivity index (χ1n) is 41.1. The fourth-order valence-corrected chi connectivity index (χ4v) is 25.4. The van der Waals surface area contributed by atoms with Gasteiger partial charge in [-0.25, -0.2) is 8.42 Å². The maximum atomic E-state index is 13.2. The van der Waals surface area contributed by atoms with Crippen LogP contribution in [-0.2, 0) is 21.6 Å². The molecule has 0 aliphatic carbocycles. The summed E-state index contributed by atoms with van der Waals surface area (Å²) in [6.45, 7) is 10.4. The monoisotopic (exact) mass is 2350 g/mol. The highest BCUT2D eigenvalue weighted by molar-refractivity contribution is 9.13. The van der Waals surface area contributed by atoms with E-state index in [1.165, 1.54) is 84.3 Å². The number of benzene rings is 15. The van der Waals surface area contributed by atoms with Gasteiger partial charge in [-0.05, 0) is 327 Å². The Labute approximate surface area is 854 Å². The lowest BCUT2D eigenvalue weighted by molar-refractivity contribution is 0.412. The Morgan fingerprint density at radius 3 is 1.06 bits per heavy atom. The highest BCUT2D eigenvalue weighted by Crippen LogP contribution is 2.52. The van der Waals surface area contributed by atoms with Crippen molar-refractivity contribution < 1.29 is 42.3 Å². The Morgan fingerprint density at radius 2 is 0.606 bits per heavy atom. The lowest BCUT2D eigenvalue weighted by atomic mass is 9.98. The molecule has 0 radical (unpaired) electrons. The first kappa shape index (κ1) is 95.5. The molecule has 0 saturated carbocycles. The molecule has 132 heavy (non-hydrogen) atoms. The Morgan fingerprint density at radius 1 is 0.280 bits per heavy atom. The van der Waals surface area contributed by atoms with E-state index in [4.69, 9.17) is 23.7 Å². The van der Waals surface area contributed by atoms with Gasteiger partial charge in [0.25, 0.3) is 0 Å². The SMILES string of the molecule is COc1ccc(OC2=C(c3ccc(Br)cc3)c3ccc(C)cc3S2=O)cc1.COc1ccc(Oc2sc3cc(C)ccc3c2-c2ccc(Br)cc2)cc1.Cc1ccc2c(-c3ccc(Br)cc3)c(Br)sc2c1.Cc1ccc2c(-c3ccc(Br)cc3)csc2c1.Cc1ccc2c(c1)S(=O)C(Br)=C2c1ccc(Br)cc1.Oc1ccc(Oc2sc3cc(O)ccc3c2-c2ccc(Br)cc2)cc1. The van der Waals surface area contributed by atoms with E-state index >= 15 is 0 Å². The van der Waals surface area contributed by atoms with Crippen molar-refractivity contribution in [1.29, 1.82) is 0 Å². The Bertz CT molecular complexity index is 7550. The quantitative estimate of drug-likeness (QED) is 0.110. The van der Waals surface area contributed by atoms with Crippen LogP contribution in [0.5, 0.6) is 50.4 Å². The van der Waals surface area contributed by atoms with Crippen LogP contribution in [0.15, 0.2) is 382 Å². The van der Waals surface area contributed by atoms with Crippen molar-refractivity contribution in [3.05, 3.63) is 423 Å². The van der Waals surface area contributed by atoms with Crippen LogP contribution in [0, 0.1) is 34.6 Å². The summed E-state index contributed by atoms with van der Waals surface area (Å²) in [5.41, 5.74) is 21.5. The molecule has 0 saturated heterocycles. The normalized spacial score (nSPS) is 12.9. The number of halogens is 8. The van der Waals surface area contributed by atoms with Crippen LogP contribution < -0.4 is 23.7 Å². The van der Waals surface area contributed by atoms with Crippen LogP contribution in [0.25, 0.3) is 96.0 Å². The zero-order chi connectivity index (χ0) is 92.5. The number of phenolic OH excluding ortho intramolecular Hbond substituents is 2. The van der Waals surface area contributed by atoms with Crippen molar-refractivity contribution in [3.8, 4) is 94.9 Å². The number of rotatable bonds is 14. The molecule has 15 aromatic carbocycles. The second kappa shape index (κ2) is 43.4. The minimum absolute atomic E-state index is 0.196. The smallest absolute Gasteiger partial charge is 0.204 e. The first-order chi connectivity index (χ1) is 63.8. The number of thiophene rings is 4. The molecule has 23 heteroatoms. The maximum absolute atomic E-state index is 13.2. The summed E-state index contributed by atoms with van der Waals surface area (Å²) in [4.78, 5) is 1.68. The molecule has 2 aliphatic rings. The molecule has 19 aromatic rings. The third-order valence-electron chi connectivity index (χ3n) is 21.3. The van der Waals surface area contributed by atoms with Gasteiger partial charge in [0.05, 0.1) is 42.4 Å². The molecule has 9 nitrogen and oxygen atoms in total. The molecular weight excluding hydrogens is 2280 g/mol. The summed E-state index contributed by atoms with van der Waals surface area (Å²) in [5.74, 6) is 4.06. The first-order valence-corrected chi connectivity index (χ1v) is 53.1. The number of hydrogen-bond acceptors (Lipinski definition) is 13. The highest BCUT2D eigenvalue weighted by atomic mass is 79.9. The molecular formula is C109H78Br8O9S6. The fourth-order valence-electron chi connectivity index (χ4n) is 14.8. The molecule has 660 valence electrons. The fraction of sp³-hybridized carbons (Fsp3) is 0.0642. The highest BCUT2D eigenvalue weighted by Gasteiger charge is 2.33. The predicted octanol–water partition coefficient (Wildman–Crippen LogP) is 36.7. The van der Waals surface area contributed by atoms with Crippen LogP contribution in [0.4, 0.5) is 0 Å². The number of ether oxygens (including phenoxy) is 5. The summed E-state index contributed by atoms with van der Waals surface area (Å²) in [7, 11) is 0.803. The lowest BCUT2D eigenvalue weighted by Gasteiger charge is -2.10. The van der Waals surface area contributed by atoms with Gasteiger partial charge in [-0.3, -0.25) is 0 Å². The zero-order valence-corrected chi connectivity index (χ0v) is 89.1. The second-order valence-corrected chi connectivity index (χ2v) is 45.5. The minimum Gasteiger partial charge on any atom is -0.508 e. The van der Waals surface area contributed by atoms with Gasteiger partial charge in [0.15, 0.2) is 10.1 Å². The van der Waals surface area contributed by atoms with Gasteiger partial charge in [0, 0.05) is 112 Å². The summed E-state index contributed by atoms with van der Waals surface area (Å²) in [5, 5.41) is 28.5. The Hall–Kier alpha value is -9.64. The van der Waals surface area contributed by atoms with Crippen LogP contribution in [0.3, 0.4) is 0 Å². The van der Waals surface area contributed by atoms with Crippen molar-refractivity contribution in [1.82, 2.24) is 0 Å². The van der Waals surface area contributed by atoms with Gasteiger partial charge in [-0.1, -0.05) is 252 Å². The molecule has 4 aromatic heterocycles. The van der Waals surface area contributed by atoms with E-state index in [2.05, 4.69) is 287 Å². The van der Waals surface area contributed by atoms with Crippen molar-refractivity contribution >= 4 is 246 Å². The third kappa shape index (κ3) is 22.6. The minimum atomic E-state index is -1.37.